The Labute approximate surface area is 106 Å². The van der Waals surface area contributed by atoms with Crippen LogP contribution >= 0.6 is 22.6 Å². The predicted molar refractivity (Wildman–Crippen MR) is 70.3 cm³/mol. The first-order valence-corrected chi connectivity index (χ1v) is 7.28. The van der Waals surface area contributed by atoms with Crippen LogP contribution in [-0.4, -0.2) is 16.0 Å². The Hall–Kier alpha value is 0.200. The fraction of sp³-hybridized carbons (Fsp3) is 0.917. The molecule has 88 valence electrons. The zero-order valence-electron chi connectivity index (χ0n) is 9.94. The zero-order chi connectivity index (χ0) is 11.5. The van der Waals surface area contributed by atoms with E-state index in [0.717, 1.165) is 23.7 Å². The second kappa shape index (κ2) is 5.02. The molecule has 1 fully saturated rings. The number of ether oxygens (including phenoxy) is 1. The standard InChI is InChI=1S/C12H21IO2/c1-4-12(7-5-6-8-12)15-10(14)11(2,3)9-13/h4-9H2,1-3H3. The number of carbonyl (C=O) groups is 1. The molecule has 0 atom stereocenters. The molecular formula is C12H21IO2. The maximum Gasteiger partial charge on any atom is 0.312 e. The highest BCUT2D eigenvalue weighted by Crippen LogP contribution is 2.38. The van der Waals surface area contributed by atoms with Crippen molar-refractivity contribution in [1.29, 1.82) is 0 Å². The Kier molecular flexibility index (Phi) is 4.44. The summed E-state index contributed by atoms with van der Waals surface area (Å²) in [6.45, 7) is 6.04. The van der Waals surface area contributed by atoms with E-state index >= 15 is 0 Å². The molecule has 3 heteroatoms. The largest absolute Gasteiger partial charge is 0.459 e. The van der Waals surface area contributed by atoms with Crippen LogP contribution in [0.2, 0.25) is 0 Å². The Morgan fingerprint density at radius 1 is 1.40 bits per heavy atom. The molecule has 1 aliphatic rings. The highest BCUT2D eigenvalue weighted by atomic mass is 127. The summed E-state index contributed by atoms with van der Waals surface area (Å²) >= 11 is 2.25. The van der Waals surface area contributed by atoms with E-state index in [-0.39, 0.29) is 17.0 Å². The Balaban J connectivity index is 2.63. The lowest BCUT2D eigenvalue weighted by atomic mass is 9.94. The van der Waals surface area contributed by atoms with E-state index in [2.05, 4.69) is 29.5 Å². The highest BCUT2D eigenvalue weighted by Gasteiger charge is 2.39. The summed E-state index contributed by atoms with van der Waals surface area (Å²) in [4.78, 5) is 12.0. The van der Waals surface area contributed by atoms with Crippen molar-refractivity contribution in [3.05, 3.63) is 0 Å². The molecule has 0 aromatic rings. The molecule has 0 amide bonds. The van der Waals surface area contributed by atoms with Gasteiger partial charge in [0.15, 0.2) is 0 Å². The van der Waals surface area contributed by atoms with Gasteiger partial charge in [0.1, 0.15) is 5.60 Å². The third-order valence-corrected chi connectivity index (χ3v) is 5.26. The van der Waals surface area contributed by atoms with Crippen LogP contribution in [0.15, 0.2) is 0 Å². The molecule has 0 spiro atoms. The van der Waals surface area contributed by atoms with Crippen LogP contribution in [0.3, 0.4) is 0 Å². The second-order valence-corrected chi connectivity index (χ2v) is 5.91. The minimum atomic E-state index is -0.342. The molecule has 1 rings (SSSR count). The van der Waals surface area contributed by atoms with Gasteiger partial charge in [-0.05, 0) is 46.0 Å². The number of hydrogen-bond donors (Lipinski definition) is 0. The molecular weight excluding hydrogens is 303 g/mol. The monoisotopic (exact) mass is 324 g/mol. The van der Waals surface area contributed by atoms with Gasteiger partial charge in [0.2, 0.25) is 0 Å². The van der Waals surface area contributed by atoms with Gasteiger partial charge in [-0.1, -0.05) is 29.5 Å². The highest BCUT2D eigenvalue weighted by molar-refractivity contribution is 14.1. The first kappa shape index (κ1) is 13.3. The summed E-state index contributed by atoms with van der Waals surface area (Å²) in [5.74, 6) is -0.0272. The second-order valence-electron chi connectivity index (χ2n) is 5.15. The summed E-state index contributed by atoms with van der Waals surface area (Å²) in [5.41, 5.74) is -0.481. The van der Waals surface area contributed by atoms with E-state index in [1.54, 1.807) is 0 Å². The van der Waals surface area contributed by atoms with Crippen molar-refractivity contribution in [3.8, 4) is 0 Å². The summed E-state index contributed by atoms with van der Waals surface area (Å²) in [6.07, 6.45) is 5.45. The van der Waals surface area contributed by atoms with Gasteiger partial charge in [0.25, 0.3) is 0 Å². The van der Waals surface area contributed by atoms with Gasteiger partial charge in [-0.15, -0.1) is 0 Å². The zero-order valence-corrected chi connectivity index (χ0v) is 12.1. The van der Waals surface area contributed by atoms with Crippen LogP contribution in [-0.2, 0) is 9.53 Å². The minimum absolute atomic E-state index is 0.0272. The topological polar surface area (TPSA) is 26.3 Å². The lowest BCUT2D eigenvalue weighted by Gasteiger charge is -2.32. The molecule has 0 aromatic carbocycles. The van der Waals surface area contributed by atoms with Crippen molar-refractivity contribution in [2.45, 2.75) is 58.5 Å². The lowest BCUT2D eigenvalue weighted by molar-refractivity contribution is -0.169. The molecule has 0 saturated heterocycles. The molecule has 1 aliphatic carbocycles. The van der Waals surface area contributed by atoms with E-state index in [1.165, 1.54) is 12.8 Å². The van der Waals surface area contributed by atoms with Crippen molar-refractivity contribution >= 4 is 28.6 Å². The molecule has 0 N–H and O–H groups in total. The van der Waals surface area contributed by atoms with Gasteiger partial charge in [-0.3, -0.25) is 4.79 Å². The van der Waals surface area contributed by atoms with Gasteiger partial charge in [-0.2, -0.15) is 0 Å². The van der Waals surface area contributed by atoms with Gasteiger partial charge < -0.3 is 4.74 Å². The van der Waals surface area contributed by atoms with Crippen LogP contribution < -0.4 is 0 Å². The molecule has 2 nitrogen and oxygen atoms in total. The molecule has 0 aliphatic heterocycles. The first-order chi connectivity index (χ1) is 6.96. The Bertz CT molecular complexity index is 230. The third kappa shape index (κ3) is 3.08. The number of esters is 1. The molecule has 0 bridgehead atoms. The summed E-state index contributed by atoms with van der Waals surface area (Å²) < 4.78 is 6.57. The summed E-state index contributed by atoms with van der Waals surface area (Å²) in [6, 6.07) is 0. The van der Waals surface area contributed by atoms with Gasteiger partial charge in [0, 0.05) is 4.43 Å². The summed E-state index contributed by atoms with van der Waals surface area (Å²) in [7, 11) is 0. The lowest BCUT2D eigenvalue weighted by Crippen LogP contribution is -2.38. The van der Waals surface area contributed by atoms with Crippen LogP contribution in [0.25, 0.3) is 0 Å². The Morgan fingerprint density at radius 3 is 2.33 bits per heavy atom. The number of halogens is 1. The van der Waals surface area contributed by atoms with Crippen molar-refractivity contribution in [2.24, 2.45) is 5.41 Å². The average molecular weight is 324 g/mol. The van der Waals surface area contributed by atoms with Crippen LogP contribution in [0.5, 0.6) is 0 Å². The molecule has 0 aromatic heterocycles. The molecule has 0 unspecified atom stereocenters. The maximum absolute atomic E-state index is 12.0. The Morgan fingerprint density at radius 2 is 1.93 bits per heavy atom. The number of rotatable bonds is 4. The predicted octanol–water partition coefficient (Wildman–Crippen LogP) is 3.71. The smallest absolute Gasteiger partial charge is 0.312 e. The summed E-state index contributed by atoms with van der Waals surface area (Å²) in [5, 5.41) is 0. The van der Waals surface area contributed by atoms with Crippen molar-refractivity contribution in [3.63, 3.8) is 0 Å². The molecule has 15 heavy (non-hydrogen) atoms. The minimum Gasteiger partial charge on any atom is -0.459 e. The van der Waals surface area contributed by atoms with Crippen LogP contribution in [0.1, 0.15) is 52.9 Å². The van der Waals surface area contributed by atoms with E-state index in [9.17, 15) is 4.79 Å². The number of carbonyl (C=O) groups excluding carboxylic acids is 1. The molecule has 0 radical (unpaired) electrons. The SMILES string of the molecule is CCC1(OC(=O)C(C)(C)CI)CCCC1. The van der Waals surface area contributed by atoms with E-state index in [1.807, 2.05) is 13.8 Å². The van der Waals surface area contributed by atoms with Gasteiger partial charge in [-0.25, -0.2) is 0 Å². The number of hydrogen-bond acceptors (Lipinski definition) is 2. The van der Waals surface area contributed by atoms with E-state index < -0.39 is 0 Å². The first-order valence-electron chi connectivity index (χ1n) is 5.75. The quantitative estimate of drug-likeness (QED) is 0.448. The fourth-order valence-electron chi connectivity index (χ4n) is 1.94. The van der Waals surface area contributed by atoms with Gasteiger partial charge >= 0.3 is 5.97 Å². The van der Waals surface area contributed by atoms with Crippen molar-refractivity contribution < 1.29 is 9.53 Å². The van der Waals surface area contributed by atoms with Gasteiger partial charge in [0.05, 0.1) is 5.41 Å². The van der Waals surface area contributed by atoms with E-state index in [0.29, 0.717) is 0 Å². The average Bonchev–Trinajstić information content (AvgIpc) is 2.67. The molecule has 1 saturated carbocycles. The van der Waals surface area contributed by atoms with E-state index in [4.69, 9.17) is 4.74 Å². The van der Waals surface area contributed by atoms with Crippen LogP contribution in [0, 0.1) is 5.41 Å². The molecule has 0 heterocycles. The normalized spacial score (nSPS) is 20.3. The van der Waals surface area contributed by atoms with Crippen molar-refractivity contribution in [1.82, 2.24) is 0 Å². The van der Waals surface area contributed by atoms with Crippen LogP contribution in [0.4, 0.5) is 0 Å². The third-order valence-electron chi connectivity index (χ3n) is 3.35. The van der Waals surface area contributed by atoms with Crippen molar-refractivity contribution in [2.75, 3.05) is 4.43 Å². The number of alkyl halides is 1. The maximum atomic E-state index is 12.0. The fourth-order valence-corrected chi connectivity index (χ4v) is 2.25.